The van der Waals surface area contributed by atoms with E-state index >= 15 is 0 Å². The Balaban J connectivity index is 1.62. The molecular weight excluding hydrogens is 369 g/mol. The summed E-state index contributed by atoms with van der Waals surface area (Å²) in [6.45, 7) is 5.13. The molecule has 0 spiro atoms. The van der Waals surface area contributed by atoms with Crippen LogP contribution >= 0.6 is 11.3 Å². The third-order valence-electron chi connectivity index (χ3n) is 4.55. The number of piperazine rings is 1. The molecule has 1 aliphatic heterocycles. The highest BCUT2D eigenvalue weighted by Gasteiger charge is 2.17. The van der Waals surface area contributed by atoms with Crippen LogP contribution in [-0.2, 0) is 0 Å². The molecule has 0 aliphatic carbocycles. The number of imidazole rings is 1. The Labute approximate surface area is 156 Å². The first-order valence-corrected chi connectivity index (χ1v) is 9.42. The molecule has 0 atom stereocenters. The maximum atomic E-state index is 14.4. The van der Waals surface area contributed by atoms with E-state index in [1.165, 1.54) is 28.0 Å². The van der Waals surface area contributed by atoms with E-state index in [1.807, 2.05) is 6.92 Å². The van der Waals surface area contributed by atoms with Crippen molar-refractivity contribution in [1.82, 2.24) is 29.3 Å². The summed E-state index contributed by atoms with van der Waals surface area (Å²) in [5.41, 5.74) is 1.34. The molecule has 1 saturated heterocycles. The van der Waals surface area contributed by atoms with Crippen molar-refractivity contribution < 1.29 is 4.39 Å². The first-order valence-electron chi connectivity index (χ1n) is 8.60. The maximum absolute atomic E-state index is 14.4. The second-order valence-electron chi connectivity index (χ2n) is 6.48. The monoisotopic (exact) mass is 385 g/mol. The average Bonchev–Trinajstić information content (AvgIpc) is 3.26. The summed E-state index contributed by atoms with van der Waals surface area (Å²) in [4.78, 5) is 23.8. The molecule has 10 heteroatoms. The number of aryl methyl sites for hydroxylation is 1. The molecule has 4 aromatic rings. The van der Waals surface area contributed by atoms with Gasteiger partial charge in [0, 0.05) is 50.2 Å². The Morgan fingerprint density at radius 1 is 1.19 bits per heavy atom. The van der Waals surface area contributed by atoms with Crippen LogP contribution in [0.3, 0.4) is 0 Å². The molecule has 1 N–H and O–H groups in total. The molecule has 0 radical (unpaired) electrons. The van der Waals surface area contributed by atoms with Crippen molar-refractivity contribution in [2.24, 2.45) is 0 Å². The fourth-order valence-electron chi connectivity index (χ4n) is 3.27. The van der Waals surface area contributed by atoms with E-state index in [2.05, 4.69) is 25.3 Å². The van der Waals surface area contributed by atoms with Crippen molar-refractivity contribution >= 4 is 27.8 Å². The van der Waals surface area contributed by atoms with E-state index in [0.717, 1.165) is 31.9 Å². The van der Waals surface area contributed by atoms with Gasteiger partial charge in [0.2, 0.25) is 4.96 Å². The topological polar surface area (TPSA) is 79.8 Å². The van der Waals surface area contributed by atoms with Crippen LogP contribution in [0.15, 0.2) is 29.3 Å². The van der Waals surface area contributed by atoms with Gasteiger partial charge in [0.05, 0.1) is 5.69 Å². The molecule has 5 rings (SSSR count). The molecule has 5 heterocycles. The van der Waals surface area contributed by atoms with Crippen LogP contribution in [0.1, 0.15) is 5.69 Å². The molecule has 0 bridgehead atoms. The standard InChI is InChI=1S/C17H16FN7OS/c1-10-8-24-9-11(6-12(18)15(24)20-10)16-22-25-14(26)7-13(21-17(25)27-16)23-4-2-19-3-5-23/h6-9,19H,2-5H2,1H3. The van der Waals surface area contributed by atoms with Crippen LogP contribution in [0, 0.1) is 12.7 Å². The molecule has 0 unspecified atom stereocenters. The summed E-state index contributed by atoms with van der Waals surface area (Å²) < 4.78 is 17.3. The smallest absolute Gasteiger partial charge is 0.277 e. The van der Waals surface area contributed by atoms with E-state index in [0.29, 0.717) is 21.3 Å². The first-order chi connectivity index (χ1) is 13.1. The molecule has 0 amide bonds. The lowest BCUT2D eigenvalue weighted by molar-refractivity contribution is 0.584. The quantitative estimate of drug-likeness (QED) is 0.561. The molecular formula is C17H16FN7OS. The van der Waals surface area contributed by atoms with Crippen molar-refractivity contribution in [3.05, 3.63) is 46.4 Å². The number of fused-ring (bicyclic) bond motifs is 2. The minimum absolute atomic E-state index is 0.240. The van der Waals surface area contributed by atoms with Gasteiger partial charge in [-0.3, -0.25) is 4.79 Å². The minimum Gasteiger partial charge on any atom is -0.354 e. The van der Waals surface area contributed by atoms with Gasteiger partial charge in [-0.25, -0.2) is 14.4 Å². The van der Waals surface area contributed by atoms with Crippen LogP contribution in [0.2, 0.25) is 0 Å². The second-order valence-corrected chi connectivity index (χ2v) is 7.44. The average molecular weight is 385 g/mol. The molecule has 1 aliphatic rings. The van der Waals surface area contributed by atoms with E-state index in [9.17, 15) is 9.18 Å². The van der Waals surface area contributed by atoms with E-state index < -0.39 is 5.82 Å². The number of nitrogens with one attached hydrogen (secondary N) is 1. The zero-order valence-electron chi connectivity index (χ0n) is 14.5. The highest BCUT2D eigenvalue weighted by Crippen LogP contribution is 2.27. The lowest BCUT2D eigenvalue weighted by Crippen LogP contribution is -2.44. The van der Waals surface area contributed by atoms with Crippen molar-refractivity contribution in [3.8, 4) is 10.6 Å². The molecule has 27 heavy (non-hydrogen) atoms. The normalized spacial score (nSPS) is 15.1. The van der Waals surface area contributed by atoms with Crippen LogP contribution in [0.4, 0.5) is 10.2 Å². The van der Waals surface area contributed by atoms with Gasteiger partial charge >= 0.3 is 0 Å². The fourth-order valence-corrected chi connectivity index (χ4v) is 4.15. The predicted octanol–water partition coefficient (Wildman–Crippen LogP) is 1.32. The van der Waals surface area contributed by atoms with Gasteiger partial charge in [0.1, 0.15) is 10.8 Å². The summed E-state index contributed by atoms with van der Waals surface area (Å²) >= 11 is 1.26. The van der Waals surface area contributed by atoms with Crippen molar-refractivity contribution in [2.45, 2.75) is 6.92 Å². The van der Waals surface area contributed by atoms with Gasteiger partial charge in [0.15, 0.2) is 11.5 Å². The molecule has 4 aromatic heterocycles. The van der Waals surface area contributed by atoms with E-state index in [4.69, 9.17) is 0 Å². The molecule has 0 aromatic carbocycles. The summed E-state index contributed by atoms with van der Waals surface area (Å²) in [5.74, 6) is 0.227. The number of halogens is 1. The number of hydrogen-bond donors (Lipinski definition) is 1. The van der Waals surface area contributed by atoms with Crippen LogP contribution in [0.25, 0.3) is 21.2 Å². The lowest BCUT2D eigenvalue weighted by Gasteiger charge is -2.27. The molecule has 0 saturated carbocycles. The van der Waals surface area contributed by atoms with Crippen molar-refractivity contribution in [3.63, 3.8) is 0 Å². The van der Waals surface area contributed by atoms with Gasteiger partial charge in [-0.15, -0.1) is 0 Å². The maximum Gasteiger partial charge on any atom is 0.277 e. The van der Waals surface area contributed by atoms with Gasteiger partial charge in [0.25, 0.3) is 5.56 Å². The van der Waals surface area contributed by atoms with E-state index in [1.54, 1.807) is 16.8 Å². The number of pyridine rings is 1. The van der Waals surface area contributed by atoms with Crippen LogP contribution in [0.5, 0.6) is 0 Å². The van der Waals surface area contributed by atoms with Crippen molar-refractivity contribution in [1.29, 1.82) is 0 Å². The summed E-state index contributed by atoms with van der Waals surface area (Å²) in [7, 11) is 0. The Kier molecular flexibility index (Phi) is 3.69. The summed E-state index contributed by atoms with van der Waals surface area (Å²) in [6.07, 6.45) is 3.51. The third-order valence-corrected chi connectivity index (χ3v) is 5.50. The predicted molar refractivity (Wildman–Crippen MR) is 101 cm³/mol. The van der Waals surface area contributed by atoms with Gasteiger partial charge in [-0.2, -0.15) is 9.61 Å². The summed E-state index contributed by atoms with van der Waals surface area (Å²) in [6, 6.07) is 2.90. The Bertz CT molecular complexity index is 1220. The zero-order chi connectivity index (χ0) is 18.5. The Morgan fingerprint density at radius 3 is 2.81 bits per heavy atom. The fraction of sp³-hybridized carbons (Fsp3) is 0.294. The van der Waals surface area contributed by atoms with Crippen molar-refractivity contribution in [2.75, 3.05) is 31.1 Å². The lowest BCUT2D eigenvalue weighted by atomic mass is 10.3. The molecule has 1 fully saturated rings. The number of hydrogen-bond acceptors (Lipinski definition) is 7. The second kappa shape index (κ2) is 6.10. The largest absolute Gasteiger partial charge is 0.354 e. The number of anilines is 1. The van der Waals surface area contributed by atoms with E-state index in [-0.39, 0.29) is 11.2 Å². The number of rotatable bonds is 2. The van der Waals surface area contributed by atoms with Gasteiger partial charge < -0.3 is 14.6 Å². The minimum atomic E-state index is -0.429. The van der Waals surface area contributed by atoms with Crippen LogP contribution < -0.4 is 15.8 Å². The Morgan fingerprint density at radius 2 is 2.00 bits per heavy atom. The Hall–Kier alpha value is -2.85. The summed E-state index contributed by atoms with van der Waals surface area (Å²) in [5, 5.41) is 8.16. The number of aromatic nitrogens is 5. The highest BCUT2D eigenvalue weighted by molar-refractivity contribution is 7.19. The van der Waals surface area contributed by atoms with Crippen LogP contribution in [-0.4, -0.2) is 50.2 Å². The third kappa shape index (κ3) is 2.77. The molecule has 8 nitrogen and oxygen atoms in total. The van der Waals surface area contributed by atoms with Gasteiger partial charge in [-0.1, -0.05) is 11.3 Å². The first kappa shape index (κ1) is 16.3. The zero-order valence-corrected chi connectivity index (χ0v) is 15.3. The SMILES string of the molecule is Cc1cn2cc(-c3nn4c(=O)cc(N5CCNCC5)nc4s3)cc(F)c2n1. The van der Waals surface area contributed by atoms with Gasteiger partial charge in [-0.05, 0) is 13.0 Å². The molecule has 138 valence electrons. The number of nitrogens with zero attached hydrogens (tertiary/aromatic N) is 6. The highest BCUT2D eigenvalue weighted by atomic mass is 32.1.